The van der Waals surface area contributed by atoms with Crippen LogP contribution in [0.4, 0.5) is 5.69 Å². The largest absolute Gasteiger partial charge is 0.495 e. The molecule has 2 heterocycles. The highest BCUT2D eigenvalue weighted by Crippen LogP contribution is 2.28. The Morgan fingerprint density at radius 2 is 1.88 bits per heavy atom. The third kappa shape index (κ3) is 5.03. The summed E-state index contributed by atoms with van der Waals surface area (Å²) < 4.78 is 10.8. The maximum absolute atomic E-state index is 5.45. The number of halogens is 1. The second-order valence-corrected chi connectivity index (χ2v) is 5.76. The summed E-state index contributed by atoms with van der Waals surface area (Å²) in [5.41, 5.74) is 2.22. The number of anilines is 1. The molecule has 0 unspecified atom stereocenters. The summed E-state index contributed by atoms with van der Waals surface area (Å²) in [7, 11) is 1.72. The van der Waals surface area contributed by atoms with Crippen molar-refractivity contribution < 1.29 is 9.15 Å². The van der Waals surface area contributed by atoms with Gasteiger partial charge in [-0.25, -0.2) is 0 Å². The zero-order valence-electron chi connectivity index (χ0n) is 14.6. The lowest BCUT2D eigenvalue weighted by Crippen LogP contribution is -2.44. The molecule has 1 aromatic carbocycles. The van der Waals surface area contributed by atoms with E-state index in [2.05, 4.69) is 21.1 Å². The van der Waals surface area contributed by atoms with Crippen molar-refractivity contribution in [2.45, 2.75) is 6.92 Å². The molecule has 5 nitrogen and oxygen atoms in total. The second-order valence-electron chi connectivity index (χ2n) is 5.76. The third-order valence-electron chi connectivity index (χ3n) is 4.02. The topological polar surface area (TPSA) is 41.2 Å². The summed E-state index contributed by atoms with van der Waals surface area (Å²) in [6.45, 7) is 5.67. The molecule has 0 radical (unpaired) electrons. The number of rotatable bonds is 5. The summed E-state index contributed by atoms with van der Waals surface area (Å²) in [5, 5.41) is 6.68. The van der Waals surface area contributed by atoms with E-state index in [4.69, 9.17) is 9.15 Å². The monoisotopic (exact) mass is 361 g/mol. The number of furan rings is 1. The standard InChI is InChI=1S/C19H23N3O2.ClH/c1-16(14-17-6-5-13-24-17)15-20-22-11-9-21(10-12-22)18-7-3-4-8-19(18)23-2;/h3-8,13-15H,9-12H2,1-2H3;1H/b16-14+,20-15+;. The van der Waals surface area contributed by atoms with Crippen LogP contribution in [0.2, 0.25) is 0 Å². The number of nitrogens with zero attached hydrogens (tertiary/aromatic N) is 3. The lowest BCUT2D eigenvalue weighted by atomic mass is 10.2. The zero-order valence-corrected chi connectivity index (χ0v) is 15.4. The molecule has 6 heteroatoms. The fourth-order valence-corrected chi connectivity index (χ4v) is 2.75. The van der Waals surface area contributed by atoms with Crippen LogP contribution in [0.15, 0.2) is 57.8 Å². The van der Waals surface area contributed by atoms with Gasteiger partial charge in [-0.15, -0.1) is 12.4 Å². The highest BCUT2D eigenvalue weighted by molar-refractivity contribution is 5.85. The number of ether oxygens (including phenoxy) is 1. The van der Waals surface area contributed by atoms with Gasteiger partial charge in [-0.3, -0.25) is 5.01 Å². The van der Waals surface area contributed by atoms with Crippen LogP contribution >= 0.6 is 12.4 Å². The third-order valence-corrected chi connectivity index (χ3v) is 4.02. The molecule has 1 aliphatic heterocycles. The first kappa shape index (κ1) is 18.9. The van der Waals surface area contributed by atoms with E-state index >= 15 is 0 Å². The van der Waals surface area contributed by atoms with E-state index in [9.17, 15) is 0 Å². The predicted molar refractivity (Wildman–Crippen MR) is 105 cm³/mol. The van der Waals surface area contributed by atoms with Crippen molar-refractivity contribution in [1.82, 2.24) is 5.01 Å². The van der Waals surface area contributed by atoms with Gasteiger partial charge in [0.25, 0.3) is 0 Å². The van der Waals surface area contributed by atoms with Crippen LogP contribution in [0.3, 0.4) is 0 Å². The van der Waals surface area contributed by atoms with Crippen LogP contribution in [0.1, 0.15) is 12.7 Å². The van der Waals surface area contributed by atoms with Gasteiger partial charge in [-0.2, -0.15) is 5.10 Å². The van der Waals surface area contributed by atoms with E-state index < -0.39 is 0 Å². The molecule has 0 bridgehead atoms. The number of allylic oxidation sites excluding steroid dienone is 1. The van der Waals surface area contributed by atoms with Crippen molar-refractivity contribution in [3.63, 3.8) is 0 Å². The van der Waals surface area contributed by atoms with Crippen LogP contribution in [0.25, 0.3) is 6.08 Å². The fourth-order valence-electron chi connectivity index (χ4n) is 2.75. The maximum Gasteiger partial charge on any atom is 0.142 e. The summed E-state index contributed by atoms with van der Waals surface area (Å²) in [5.74, 6) is 1.77. The van der Waals surface area contributed by atoms with Gasteiger partial charge < -0.3 is 14.1 Å². The number of piperazine rings is 1. The number of benzene rings is 1. The number of hydrogen-bond acceptors (Lipinski definition) is 5. The molecule has 0 spiro atoms. The number of para-hydroxylation sites is 2. The molecule has 0 aliphatic carbocycles. The molecule has 25 heavy (non-hydrogen) atoms. The highest BCUT2D eigenvalue weighted by atomic mass is 35.5. The summed E-state index contributed by atoms with van der Waals surface area (Å²) in [4.78, 5) is 2.34. The molecule has 0 atom stereocenters. The average molecular weight is 362 g/mol. The van der Waals surface area contributed by atoms with Crippen molar-refractivity contribution in [3.8, 4) is 5.75 Å². The lowest BCUT2D eigenvalue weighted by molar-refractivity contribution is 0.271. The van der Waals surface area contributed by atoms with Crippen molar-refractivity contribution >= 4 is 30.4 Å². The minimum absolute atomic E-state index is 0. The van der Waals surface area contributed by atoms with Crippen LogP contribution in [-0.4, -0.2) is 44.5 Å². The maximum atomic E-state index is 5.45. The second kappa shape index (κ2) is 9.18. The molecule has 1 aromatic heterocycles. The predicted octanol–water partition coefficient (Wildman–Crippen LogP) is 3.92. The summed E-state index contributed by atoms with van der Waals surface area (Å²) >= 11 is 0. The van der Waals surface area contributed by atoms with Crippen LogP contribution in [0, 0.1) is 0 Å². The van der Waals surface area contributed by atoms with E-state index in [1.165, 1.54) is 0 Å². The summed E-state index contributed by atoms with van der Waals surface area (Å²) in [6, 6.07) is 12.0. The average Bonchev–Trinajstić information content (AvgIpc) is 3.13. The Bertz CT molecular complexity index is 705. The minimum atomic E-state index is 0. The number of hydrogen-bond donors (Lipinski definition) is 0. The molecular formula is C19H24ClN3O2. The van der Waals surface area contributed by atoms with Gasteiger partial charge in [0, 0.05) is 13.1 Å². The van der Waals surface area contributed by atoms with Gasteiger partial charge >= 0.3 is 0 Å². The van der Waals surface area contributed by atoms with E-state index in [1.54, 1.807) is 13.4 Å². The summed E-state index contributed by atoms with van der Waals surface area (Å²) in [6.07, 6.45) is 5.54. The highest BCUT2D eigenvalue weighted by Gasteiger charge is 2.18. The Morgan fingerprint density at radius 3 is 2.56 bits per heavy atom. The SMILES string of the molecule is COc1ccccc1N1CCN(/N=C/C(C)=C/c2ccco2)CC1.Cl. The van der Waals surface area contributed by atoms with Crippen LogP contribution in [-0.2, 0) is 0 Å². The Labute approximate surface area is 155 Å². The lowest BCUT2D eigenvalue weighted by Gasteiger charge is -2.35. The quantitative estimate of drug-likeness (QED) is 0.757. The minimum Gasteiger partial charge on any atom is -0.495 e. The van der Waals surface area contributed by atoms with Crippen LogP contribution < -0.4 is 9.64 Å². The molecule has 1 aliphatic rings. The first-order valence-electron chi connectivity index (χ1n) is 8.15. The van der Waals surface area contributed by atoms with Crippen LogP contribution in [0.5, 0.6) is 5.75 Å². The van der Waals surface area contributed by atoms with Gasteiger partial charge in [0.15, 0.2) is 0 Å². The van der Waals surface area contributed by atoms with Gasteiger partial charge in [0.05, 0.1) is 38.4 Å². The van der Waals surface area contributed by atoms with Crippen molar-refractivity contribution in [1.29, 1.82) is 0 Å². The van der Waals surface area contributed by atoms with E-state index in [-0.39, 0.29) is 12.4 Å². The van der Waals surface area contributed by atoms with E-state index in [1.807, 2.05) is 49.5 Å². The molecule has 3 rings (SSSR count). The Hall–Kier alpha value is -2.40. The Morgan fingerprint density at radius 1 is 1.12 bits per heavy atom. The smallest absolute Gasteiger partial charge is 0.142 e. The van der Waals surface area contributed by atoms with Gasteiger partial charge in [-0.1, -0.05) is 12.1 Å². The first-order chi connectivity index (χ1) is 11.8. The molecule has 0 saturated carbocycles. The normalized spacial score (nSPS) is 15.4. The molecule has 2 aromatic rings. The fraction of sp³-hybridized carbons (Fsp3) is 0.316. The van der Waals surface area contributed by atoms with E-state index in [0.717, 1.165) is 48.9 Å². The molecule has 0 N–H and O–H groups in total. The van der Waals surface area contributed by atoms with Gasteiger partial charge in [0.2, 0.25) is 0 Å². The first-order valence-corrected chi connectivity index (χ1v) is 8.15. The van der Waals surface area contributed by atoms with Crippen molar-refractivity contribution in [2.24, 2.45) is 5.10 Å². The molecule has 0 amide bonds. The Kier molecular flexibility index (Phi) is 6.95. The molecule has 1 saturated heterocycles. The van der Waals surface area contributed by atoms with E-state index in [0.29, 0.717) is 0 Å². The number of methoxy groups -OCH3 is 1. The van der Waals surface area contributed by atoms with Crippen molar-refractivity contribution in [3.05, 3.63) is 54.0 Å². The van der Waals surface area contributed by atoms with Gasteiger partial charge in [0.1, 0.15) is 11.5 Å². The molecular weight excluding hydrogens is 338 g/mol. The van der Waals surface area contributed by atoms with Gasteiger partial charge in [-0.05, 0) is 42.8 Å². The van der Waals surface area contributed by atoms with Crippen molar-refractivity contribution in [2.75, 3.05) is 38.2 Å². The Balaban J connectivity index is 0.00000225. The number of hydrazone groups is 1. The molecule has 1 fully saturated rings. The molecule has 134 valence electrons. The zero-order chi connectivity index (χ0) is 16.8.